The van der Waals surface area contributed by atoms with Crippen LogP contribution in [-0.2, 0) is 28.5 Å². The normalized spacial score (nSPS) is 41.5. The van der Waals surface area contributed by atoms with Gasteiger partial charge in [-0.2, -0.15) is 0 Å². The highest BCUT2D eigenvalue weighted by Crippen LogP contribution is 2.47. The van der Waals surface area contributed by atoms with Crippen LogP contribution in [0.4, 0.5) is 0 Å². The standard InChI is InChI=1S/C38H63N3O10/c1-10-27-19-29(42)26(6)39-21-22(2)20-37(7)33(49-36-31(43)28(40(8)9)18-23(3)47-36)24(4)32(25(5)35(45)48-27)50-38(51-37)13-15-41(16-14-38)34(44)30-12-11-17-46-30/h11-12,17,22-29,31-33,36,39,42-43H,10,13-16,18-21H2,1-9H3/t22-,23-,24+,25-,26-,27-,28+,29+,31-,32+,33-,36+,37-/m1/s1. The smallest absolute Gasteiger partial charge is 0.311 e. The third-order valence-corrected chi connectivity index (χ3v) is 11.7. The number of carbonyl (C=O) groups excluding carboxylic acids is 2. The summed E-state index contributed by atoms with van der Waals surface area (Å²) in [6.45, 7) is 15.2. The number of carbonyl (C=O) groups is 2. The van der Waals surface area contributed by atoms with E-state index in [1.54, 1.807) is 17.0 Å². The number of esters is 1. The number of rotatable bonds is 5. The van der Waals surface area contributed by atoms with Crippen LogP contribution < -0.4 is 5.32 Å². The molecule has 290 valence electrons. The Hall–Kier alpha value is -2.10. The first-order chi connectivity index (χ1) is 24.1. The largest absolute Gasteiger partial charge is 0.462 e. The van der Waals surface area contributed by atoms with Gasteiger partial charge in [-0.15, -0.1) is 0 Å². The molecule has 0 aromatic carbocycles. The minimum absolute atomic E-state index is 0.0604. The van der Waals surface area contributed by atoms with Crippen molar-refractivity contribution in [3.8, 4) is 0 Å². The first kappa shape index (κ1) is 40.1. The van der Waals surface area contributed by atoms with E-state index in [2.05, 4.69) is 12.2 Å². The zero-order chi connectivity index (χ0) is 37.2. The molecule has 3 N–H and O–H groups in total. The highest BCUT2D eigenvalue weighted by atomic mass is 16.7. The predicted molar refractivity (Wildman–Crippen MR) is 189 cm³/mol. The lowest BCUT2D eigenvalue weighted by atomic mass is 9.78. The van der Waals surface area contributed by atoms with Gasteiger partial charge in [0.25, 0.3) is 5.91 Å². The lowest BCUT2D eigenvalue weighted by Gasteiger charge is -2.49. The molecule has 0 unspecified atom stereocenters. The number of likely N-dealkylation sites (N-methyl/N-ethyl adjacent to an activating group) is 1. The van der Waals surface area contributed by atoms with Gasteiger partial charge in [-0.3, -0.25) is 9.59 Å². The van der Waals surface area contributed by atoms with Crippen LogP contribution in [0.3, 0.4) is 0 Å². The van der Waals surface area contributed by atoms with Crippen molar-refractivity contribution in [1.29, 1.82) is 0 Å². The van der Waals surface area contributed by atoms with Gasteiger partial charge in [-0.05, 0) is 85.6 Å². The zero-order valence-corrected chi connectivity index (χ0v) is 32.1. The summed E-state index contributed by atoms with van der Waals surface area (Å²) in [4.78, 5) is 31.0. The molecule has 13 nitrogen and oxygen atoms in total. The van der Waals surface area contributed by atoms with Crippen LogP contribution in [0, 0.1) is 17.8 Å². The third-order valence-electron chi connectivity index (χ3n) is 11.7. The quantitative estimate of drug-likeness (QED) is 0.382. The van der Waals surface area contributed by atoms with E-state index >= 15 is 0 Å². The van der Waals surface area contributed by atoms with E-state index in [1.807, 2.05) is 60.5 Å². The van der Waals surface area contributed by atoms with Crippen molar-refractivity contribution in [3.63, 3.8) is 0 Å². The van der Waals surface area contributed by atoms with Gasteiger partial charge in [0.05, 0.1) is 42.2 Å². The fraction of sp³-hybridized carbons (Fsp3) is 0.842. The van der Waals surface area contributed by atoms with Gasteiger partial charge >= 0.3 is 5.97 Å². The van der Waals surface area contributed by atoms with E-state index in [0.29, 0.717) is 58.2 Å². The summed E-state index contributed by atoms with van der Waals surface area (Å²) in [7, 11) is 3.88. The number of cyclic esters (lactones) is 1. The molecule has 2 bridgehead atoms. The summed E-state index contributed by atoms with van der Waals surface area (Å²) in [5.74, 6) is -2.58. The van der Waals surface area contributed by atoms with Crippen LogP contribution >= 0.6 is 0 Å². The Morgan fingerprint density at radius 1 is 1.12 bits per heavy atom. The van der Waals surface area contributed by atoms with Gasteiger partial charge in [0.2, 0.25) is 0 Å². The Morgan fingerprint density at radius 3 is 2.45 bits per heavy atom. The number of furan rings is 1. The molecule has 4 fully saturated rings. The van der Waals surface area contributed by atoms with Gasteiger partial charge in [-0.25, -0.2) is 0 Å². The maximum atomic E-state index is 14.0. The Labute approximate surface area is 303 Å². The number of ether oxygens (including phenoxy) is 5. The first-order valence-corrected chi connectivity index (χ1v) is 19.0. The second-order valence-corrected chi connectivity index (χ2v) is 16.2. The number of hydrogen-bond acceptors (Lipinski definition) is 12. The van der Waals surface area contributed by atoms with Crippen molar-refractivity contribution < 1.29 is 47.9 Å². The molecule has 13 heteroatoms. The lowest BCUT2D eigenvalue weighted by Crippen LogP contribution is -2.59. The van der Waals surface area contributed by atoms with Crippen molar-refractivity contribution in [3.05, 3.63) is 24.2 Å². The summed E-state index contributed by atoms with van der Waals surface area (Å²) in [5, 5.41) is 26.2. The van der Waals surface area contributed by atoms with Gasteiger partial charge < -0.3 is 53.4 Å². The molecule has 1 aromatic rings. The summed E-state index contributed by atoms with van der Waals surface area (Å²) >= 11 is 0. The molecular formula is C38H63N3O10. The molecule has 4 aliphatic heterocycles. The molecule has 0 aliphatic carbocycles. The molecule has 13 atom stereocenters. The van der Waals surface area contributed by atoms with Crippen molar-refractivity contribution in [2.75, 3.05) is 33.7 Å². The summed E-state index contributed by atoms with van der Waals surface area (Å²) in [6.07, 6.45) is -0.328. The Morgan fingerprint density at radius 2 is 1.82 bits per heavy atom. The number of aliphatic hydroxyl groups excluding tert-OH is 2. The number of hydrogen-bond donors (Lipinski definition) is 3. The number of fused-ring (bicyclic) bond motifs is 3. The van der Waals surface area contributed by atoms with Crippen LogP contribution in [0.5, 0.6) is 0 Å². The number of nitrogens with one attached hydrogen (secondary N) is 1. The number of amides is 1. The maximum absolute atomic E-state index is 14.0. The molecule has 1 amide bonds. The molecule has 5 heterocycles. The predicted octanol–water partition coefficient (Wildman–Crippen LogP) is 3.56. The minimum atomic E-state index is -1.15. The fourth-order valence-electron chi connectivity index (χ4n) is 8.66. The van der Waals surface area contributed by atoms with E-state index < -0.39 is 66.0 Å². The Kier molecular flexibility index (Phi) is 13.0. The fourth-order valence-corrected chi connectivity index (χ4v) is 8.66. The minimum Gasteiger partial charge on any atom is -0.462 e. The van der Waals surface area contributed by atoms with Crippen LogP contribution in [0.15, 0.2) is 22.8 Å². The number of nitrogens with zero attached hydrogens (tertiary/aromatic N) is 2. The molecule has 1 aromatic heterocycles. The van der Waals surface area contributed by atoms with E-state index in [-0.39, 0.29) is 35.8 Å². The molecule has 5 rings (SSSR count). The monoisotopic (exact) mass is 721 g/mol. The van der Waals surface area contributed by atoms with Gasteiger partial charge in [0.1, 0.15) is 12.2 Å². The highest BCUT2D eigenvalue weighted by Gasteiger charge is 2.58. The van der Waals surface area contributed by atoms with Crippen LogP contribution in [0.1, 0.15) is 97.5 Å². The van der Waals surface area contributed by atoms with Gasteiger partial charge in [-0.1, -0.05) is 20.8 Å². The maximum Gasteiger partial charge on any atom is 0.311 e. The first-order valence-electron chi connectivity index (χ1n) is 19.0. The second-order valence-electron chi connectivity index (χ2n) is 16.2. The van der Waals surface area contributed by atoms with Gasteiger partial charge in [0.15, 0.2) is 17.8 Å². The summed E-state index contributed by atoms with van der Waals surface area (Å²) in [6, 6.07) is 2.94. The van der Waals surface area contributed by atoms with E-state index in [0.717, 1.165) is 0 Å². The third kappa shape index (κ3) is 9.00. The summed E-state index contributed by atoms with van der Waals surface area (Å²) < 4.78 is 39.2. The molecule has 0 saturated carbocycles. The van der Waals surface area contributed by atoms with Crippen molar-refractivity contribution in [1.82, 2.24) is 15.1 Å². The van der Waals surface area contributed by atoms with E-state index in [9.17, 15) is 19.8 Å². The topological polar surface area (TPSA) is 152 Å². The van der Waals surface area contributed by atoms with Crippen LogP contribution in [-0.4, -0.2) is 132 Å². The molecule has 0 radical (unpaired) electrons. The van der Waals surface area contributed by atoms with Crippen LogP contribution in [0.2, 0.25) is 0 Å². The average Bonchev–Trinajstić information content (AvgIpc) is 3.61. The molecular weight excluding hydrogens is 658 g/mol. The number of aliphatic hydroxyl groups is 2. The van der Waals surface area contributed by atoms with Gasteiger partial charge in [0, 0.05) is 50.4 Å². The van der Waals surface area contributed by atoms with Crippen molar-refractivity contribution in [2.45, 2.75) is 153 Å². The Bertz CT molecular complexity index is 1290. The molecule has 1 spiro atoms. The summed E-state index contributed by atoms with van der Waals surface area (Å²) in [5.41, 5.74) is -0.989. The van der Waals surface area contributed by atoms with Crippen LogP contribution in [0.25, 0.3) is 0 Å². The van der Waals surface area contributed by atoms with E-state index in [4.69, 9.17) is 28.1 Å². The zero-order valence-electron chi connectivity index (χ0n) is 32.1. The van der Waals surface area contributed by atoms with Crippen molar-refractivity contribution >= 4 is 11.9 Å². The molecule has 51 heavy (non-hydrogen) atoms. The average molecular weight is 722 g/mol. The Balaban J connectivity index is 1.55. The lowest BCUT2D eigenvalue weighted by molar-refractivity contribution is -0.331. The number of piperidine rings is 1. The van der Waals surface area contributed by atoms with Crippen molar-refractivity contribution in [2.24, 2.45) is 17.8 Å². The molecule has 4 aliphatic rings. The SMILES string of the molecule is CC[C@@H]1C[C@H](O)[C@@H](C)NC[C@H](C)C[C@@]2(C)OC3(CCN(C(=O)c4ccco4)CC3)O[C@@H]([C@H](C)[C@H]2O[C@@H]2O[C@H](C)C[C@H](N(C)C)[C@H]2O)[C@@H](C)C(=O)O1. The van der Waals surface area contributed by atoms with E-state index in [1.165, 1.54) is 6.26 Å². The number of likely N-dealkylation sites (tertiary alicyclic amines) is 1. The molecule has 4 saturated heterocycles. The highest BCUT2D eigenvalue weighted by molar-refractivity contribution is 5.91. The second kappa shape index (κ2) is 16.5.